The lowest BCUT2D eigenvalue weighted by molar-refractivity contribution is -0.119. The molecule has 0 bridgehead atoms. The number of aromatic nitrogens is 1. The van der Waals surface area contributed by atoms with E-state index in [-0.39, 0.29) is 10.6 Å². The van der Waals surface area contributed by atoms with Crippen molar-refractivity contribution in [3.8, 4) is 5.75 Å². The van der Waals surface area contributed by atoms with Gasteiger partial charge in [0.15, 0.2) is 11.7 Å². The predicted molar refractivity (Wildman–Crippen MR) is 102 cm³/mol. The summed E-state index contributed by atoms with van der Waals surface area (Å²) in [5.41, 5.74) is 0.943. The molecule has 134 valence electrons. The Balaban J connectivity index is 1.60. The number of nitrogens with zero attached hydrogens (tertiary/aromatic N) is 1. The highest BCUT2D eigenvalue weighted by Crippen LogP contribution is 2.29. The van der Waals surface area contributed by atoms with Gasteiger partial charge in [-0.15, -0.1) is 0 Å². The second kappa shape index (κ2) is 7.90. The minimum absolute atomic E-state index is 0.208. The maximum Gasteiger partial charge on any atom is 0.338 e. The number of methoxy groups -OCH3 is 1. The Morgan fingerprint density at radius 2 is 1.96 bits per heavy atom. The monoisotopic (exact) mass is 410 g/mol. The summed E-state index contributed by atoms with van der Waals surface area (Å²) in [6, 6.07) is 9.74. The molecule has 0 saturated carbocycles. The molecular formula is C17H12Cl2N2O4S. The number of carbonyl (C=O) groups is 2. The van der Waals surface area contributed by atoms with E-state index in [1.54, 1.807) is 19.2 Å². The summed E-state index contributed by atoms with van der Waals surface area (Å²) < 4.78 is 11.0. The van der Waals surface area contributed by atoms with Crippen LogP contribution in [0.1, 0.15) is 10.4 Å². The number of carbonyl (C=O) groups excluding carboxylic acids is 2. The van der Waals surface area contributed by atoms with Crippen molar-refractivity contribution >= 4 is 61.8 Å². The first-order chi connectivity index (χ1) is 12.5. The Bertz CT molecular complexity index is 990. The van der Waals surface area contributed by atoms with E-state index in [1.807, 2.05) is 6.07 Å². The third-order valence-electron chi connectivity index (χ3n) is 3.33. The zero-order chi connectivity index (χ0) is 18.7. The first kappa shape index (κ1) is 18.4. The summed E-state index contributed by atoms with van der Waals surface area (Å²) in [5.74, 6) is -0.466. The fraction of sp³-hybridized carbons (Fsp3) is 0.118. The topological polar surface area (TPSA) is 77.5 Å². The molecule has 1 aromatic heterocycles. The molecule has 6 nitrogen and oxygen atoms in total. The standard InChI is InChI=1S/C17H12Cl2N2O4S/c1-24-10-3-5-13-14(7-10)26-17(20-13)21-15(22)8-25-16(23)9-2-4-11(18)12(19)6-9/h2-7H,8H2,1H3,(H,20,21,22). The summed E-state index contributed by atoms with van der Waals surface area (Å²) in [5, 5.41) is 3.56. The van der Waals surface area contributed by atoms with Crippen LogP contribution in [-0.4, -0.2) is 30.6 Å². The van der Waals surface area contributed by atoms with Gasteiger partial charge >= 0.3 is 5.97 Å². The maximum absolute atomic E-state index is 12.0. The third-order valence-corrected chi connectivity index (χ3v) is 5.00. The van der Waals surface area contributed by atoms with Gasteiger partial charge in [0.2, 0.25) is 0 Å². The van der Waals surface area contributed by atoms with Gasteiger partial charge in [0.1, 0.15) is 5.75 Å². The van der Waals surface area contributed by atoms with Crippen molar-refractivity contribution in [3.63, 3.8) is 0 Å². The summed E-state index contributed by atoms with van der Waals surface area (Å²) in [4.78, 5) is 28.2. The van der Waals surface area contributed by atoms with E-state index in [2.05, 4.69) is 10.3 Å². The van der Waals surface area contributed by atoms with Crippen molar-refractivity contribution in [3.05, 3.63) is 52.0 Å². The van der Waals surface area contributed by atoms with Gasteiger partial charge in [-0.1, -0.05) is 34.5 Å². The molecule has 0 aliphatic carbocycles. The number of ether oxygens (including phenoxy) is 2. The number of amides is 1. The van der Waals surface area contributed by atoms with Gasteiger partial charge in [0.05, 0.1) is 32.9 Å². The van der Waals surface area contributed by atoms with Gasteiger partial charge in [0.25, 0.3) is 5.91 Å². The second-order valence-electron chi connectivity index (χ2n) is 5.11. The molecule has 1 heterocycles. The Kier molecular flexibility index (Phi) is 5.61. The number of fused-ring (bicyclic) bond motifs is 1. The molecule has 2 aromatic carbocycles. The van der Waals surface area contributed by atoms with Crippen LogP contribution in [0.25, 0.3) is 10.2 Å². The molecule has 1 amide bonds. The zero-order valence-electron chi connectivity index (χ0n) is 13.4. The molecule has 0 unspecified atom stereocenters. The molecule has 3 aromatic rings. The molecule has 3 rings (SSSR count). The molecule has 0 radical (unpaired) electrons. The lowest BCUT2D eigenvalue weighted by atomic mass is 10.2. The number of hydrogen-bond acceptors (Lipinski definition) is 6. The summed E-state index contributed by atoms with van der Waals surface area (Å²) in [7, 11) is 1.58. The molecule has 0 saturated heterocycles. The van der Waals surface area contributed by atoms with Crippen LogP contribution < -0.4 is 10.1 Å². The molecule has 0 aliphatic heterocycles. The number of anilines is 1. The number of halogens is 2. The molecule has 1 N–H and O–H groups in total. The van der Waals surface area contributed by atoms with Crippen LogP contribution in [0, 0.1) is 0 Å². The molecular weight excluding hydrogens is 399 g/mol. The van der Waals surface area contributed by atoms with Crippen LogP contribution >= 0.6 is 34.5 Å². The summed E-state index contributed by atoms with van der Waals surface area (Å²) in [6.07, 6.45) is 0. The SMILES string of the molecule is COc1ccc2nc(NC(=O)COC(=O)c3ccc(Cl)c(Cl)c3)sc2c1. The van der Waals surface area contributed by atoms with Crippen molar-refractivity contribution in [2.75, 3.05) is 19.0 Å². The maximum atomic E-state index is 12.0. The number of nitrogens with one attached hydrogen (secondary N) is 1. The van der Waals surface area contributed by atoms with E-state index < -0.39 is 18.5 Å². The van der Waals surface area contributed by atoms with Gasteiger partial charge in [-0.25, -0.2) is 9.78 Å². The van der Waals surface area contributed by atoms with Crippen LogP contribution in [0.5, 0.6) is 5.75 Å². The number of thiazole rings is 1. The number of rotatable bonds is 5. The second-order valence-corrected chi connectivity index (χ2v) is 6.95. The minimum atomic E-state index is -0.673. The molecule has 9 heteroatoms. The van der Waals surface area contributed by atoms with E-state index in [9.17, 15) is 9.59 Å². The van der Waals surface area contributed by atoms with Crippen molar-refractivity contribution < 1.29 is 19.1 Å². The predicted octanol–water partition coefficient (Wildman–Crippen LogP) is 4.41. The molecule has 0 fully saturated rings. The normalized spacial score (nSPS) is 10.6. The highest BCUT2D eigenvalue weighted by atomic mass is 35.5. The minimum Gasteiger partial charge on any atom is -0.497 e. The lowest BCUT2D eigenvalue weighted by Gasteiger charge is -2.05. The van der Waals surface area contributed by atoms with Crippen LogP contribution in [0.15, 0.2) is 36.4 Å². The van der Waals surface area contributed by atoms with E-state index in [0.29, 0.717) is 15.9 Å². The van der Waals surface area contributed by atoms with Crippen LogP contribution in [-0.2, 0) is 9.53 Å². The Morgan fingerprint density at radius 3 is 2.69 bits per heavy atom. The zero-order valence-corrected chi connectivity index (χ0v) is 15.7. The summed E-state index contributed by atoms with van der Waals surface area (Å²) >= 11 is 12.9. The molecule has 26 heavy (non-hydrogen) atoms. The Morgan fingerprint density at radius 1 is 1.15 bits per heavy atom. The van der Waals surface area contributed by atoms with Crippen LogP contribution in [0.4, 0.5) is 5.13 Å². The Hall–Kier alpha value is -2.35. The smallest absolute Gasteiger partial charge is 0.338 e. The number of esters is 1. The fourth-order valence-corrected chi connectivity index (χ4v) is 3.29. The van der Waals surface area contributed by atoms with Crippen molar-refractivity contribution in [1.82, 2.24) is 4.98 Å². The van der Waals surface area contributed by atoms with Gasteiger partial charge in [0, 0.05) is 0 Å². The van der Waals surface area contributed by atoms with Crippen molar-refractivity contribution in [1.29, 1.82) is 0 Å². The molecule has 0 aliphatic rings. The quantitative estimate of drug-likeness (QED) is 0.630. The first-order valence-electron chi connectivity index (χ1n) is 7.33. The van der Waals surface area contributed by atoms with Gasteiger partial charge in [-0.05, 0) is 36.4 Å². The van der Waals surface area contributed by atoms with Crippen molar-refractivity contribution in [2.24, 2.45) is 0 Å². The molecule has 0 spiro atoms. The Labute approximate surface area is 162 Å². The third kappa shape index (κ3) is 4.24. The van der Waals surface area contributed by atoms with E-state index >= 15 is 0 Å². The van der Waals surface area contributed by atoms with Gasteiger partial charge in [-0.2, -0.15) is 0 Å². The number of benzene rings is 2. The van der Waals surface area contributed by atoms with E-state index in [4.69, 9.17) is 32.7 Å². The largest absolute Gasteiger partial charge is 0.497 e. The van der Waals surface area contributed by atoms with Crippen molar-refractivity contribution in [2.45, 2.75) is 0 Å². The first-order valence-corrected chi connectivity index (χ1v) is 8.90. The van der Waals surface area contributed by atoms with Crippen LogP contribution in [0.3, 0.4) is 0 Å². The van der Waals surface area contributed by atoms with Gasteiger partial charge < -0.3 is 9.47 Å². The summed E-state index contributed by atoms with van der Waals surface area (Å²) in [6.45, 7) is -0.446. The molecule has 0 atom stereocenters. The van der Waals surface area contributed by atoms with E-state index in [1.165, 1.54) is 29.5 Å². The average Bonchev–Trinajstić information content (AvgIpc) is 3.03. The average molecular weight is 411 g/mol. The van der Waals surface area contributed by atoms with Crippen LogP contribution in [0.2, 0.25) is 10.0 Å². The highest BCUT2D eigenvalue weighted by Gasteiger charge is 2.13. The van der Waals surface area contributed by atoms with Gasteiger partial charge in [-0.3, -0.25) is 10.1 Å². The fourth-order valence-electron chi connectivity index (χ4n) is 2.08. The number of hydrogen-bond donors (Lipinski definition) is 1. The highest BCUT2D eigenvalue weighted by molar-refractivity contribution is 7.22. The van der Waals surface area contributed by atoms with E-state index in [0.717, 1.165) is 10.2 Å². The lowest BCUT2D eigenvalue weighted by Crippen LogP contribution is -2.20.